The van der Waals surface area contributed by atoms with Gasteiger partial charge in [-0.3, -0.25) is 9.59 Å². The van der Waals surface area contributed by atoms with Crippen molar-refractivity contribution in [3.8, 4) is 0 Å². The number of nitrogens with zero attached hydrogens (tertiary/aromatic N) is 1. The first-order valence-corrected chi connectivity index (χ1v) is 5.87. The number of para-hydroxylation sites is 1. The molecule has 5 nitrogen and oxygen atoms in total. The van der Waals surface area contributed by atoms with E-state index in [4.69, 9.17) is 5.73 Å². The molecule has 0 atom stereocenters. The Morgan fingerprint density at radius 3 is 2.32 bits per heavy atom. The van der Waals surface area contributed by atoms with E-state index in [2.05, 4.69) is 5.32 Å². The van der Waals surface area contributed by atoms with Crippen LogP contribution in [0.15, 0.2) is 30.3 Å². The first kappa shape index (κ1) is 17.2. The van der Waals surface area contributed by atoms with Crippen LogP contribution in [-0.2, 0) is 9.59 Å². The molecule has 6 heteroatoms. The maximum atomic E-state index is 11.9. The fourth-order valence-electron chi connectivity index (χ4n) is 1.56. The van der Waals surface area contributed by atoms with Crippen LogP contribution in [0.4, 0.5) is 5.69 Å². The van der Waals surface area contributed by atoms with Gasteiger partial charge in [-0.1, -0.05) is 18.2 Å². The molecule has 1 aromatic carbocycles. The number of anilines is 1. The van der Waals surface area contributed by atoms with Crippen LogP contribution < -0.4 is 11.1 Å². The number of hydrogen-bond acceptors (Lipinski definition) is 3. The van der Waals surface area contributed by atoms with Crippen LogP contribution in [0, 0.1) is 0 Å². The fourth-order valence-corrected chi connectivity index (χ4v) is 1.56. The highest BCUT2D eigenvalue weighted by Gasteiger charge is 2.18. The average molecular weight is 286 g/mol. The van der Waals surface area contributed by atoms with E-state index in [0.717, 1.165) is 5.69 Å². The van der Waals surface area contributed by atoms with Crippen molar-refractivity contribution in [1.82, 2.24) is 4.90 Å². The smallest absolute Gasteiger partial charge is 0.242 e. The minimum Gasteiger partial charge on any atom is -0.376 e. The quantitative estimate of drug-likeness (QED) is 0.826. The number of amides is 2. The SMILES string of the molecule is CC(C)N(CC(N)=O)C(=O)CNc1ccccc1.Cl. The highest BCUT2D eigenvalue weighted by atomic mass is 35.5. The minimum atomic E-state index is -0.503. The van der Waals surface area contributed by atoms with Gasteiger partial charge in [0.2, 0.25) is 11.8 Å². The number of hydrogen-bond donors (Lipinski definition) is 2. The summed E-state index contributed by atoms with van der Waals surface area (Å²) in [6, 6.07) is 9.37. The van der Waals surface area contributed by atoms with Gasteiger partial charge >= 0.3 is 0 Å². The molecule has 0 aliphatic carbocycles. The summed E-state index contributed by atoms with van der Waals surface area (Å²) in [4.78, 5) is 24.3. The number of nitrogens with one attached hydrogen (secondary N) is 1. The molecule has 0 aromatic heterocycles. The zero-order chi connectivity index (χ0) is 13.5. The van der Waals surface area contributed by atoms with Crippen molar-refractivity contribution in [2.45, 2.75) is 19.9 Å². The maximum Gasteiger partial charge on any atom is 0.242 e. The molecule has 0 aliphatic heterocycles. The zero-order valence-electron chi connectivity index (χ0n) is 11.1. The van der Waals surface area contributed by atoms with Crippen molar-refractivity contribution in [2.24, 2.45) is 5.73 Å². The van der Waals surface area contributed by atoms with E-state index in [9.17, 15) is 9.59 Å². The van der Waals surface area contributed by atoms with E-state index < -0.39 is 5.91 Å². The number of carbonyl (C=O) groups is 2. The summed E-state index contributed by atoms with van der Waals surface area (Å²) in [5.41, 5.74) is 5.99. The molecule has 0 aliphatic rings. The molecule has 2 amide bonds. The predicted molar refractivity (Wildman–Crippen MR) is 78.2 cm³/mol. The minimum absolute atomic E-state index is 0. The Hall–Kier alpha value is -1.75. The van der Waals surface area contributed by atoms with Crippen LogP contribution in [0.3, 0.4) is 0 Å². The zero-order valence-corrected chi connectivity index (χ0v) is 11.9. The Balaban J connectivity index is 0.00000324. The second-order valence-electron chi connectivity index (χ2n) is 4.30. The van der Waals surface area contributed by atoms with Gasteiger partial charge in [-0.05, 0) is 26.0 Å². The monoisotopic (exact) mass is 285 g/mol. The van der Waals surface area contributed by atoms with Gasteiger partial charge in [0.25, 0.3) is 0 Å². The van der Waals surface area contributed by atoms with Crippen molar-refractivity contribution in [2.75, 3.05) is 18.4 Å². The van der Waals surface area contributed by atoms with E-state index in [1.807, 2.05) is 44.2 Å². The van der Waals surface area contributed by atoms with Crippen LogP contribution >= 0.6 is 12.4 Å². The summed E-state index contributed by atoms with van der Waals surface area (Å²) in [5, 5.41) is 3.01. The lowest BCUT2D eigenvalue weighted by Crippen LogP contribution is -2.45. The maximum absolute atomic E-state index is 11.9. The molecule has 0 spiro atoms. The Kier molecular flexibility index (Phi) is 7.60. The molecule has 0 radical (unpaired) electrons. The van der Waals surface area contributed by atoms with E-state index >= 15 is 0 Å². The van der Waals surface area contributed by atoms with Gasteiger partial charge < -0.3 is 16.0 Å². The molecule has 1 aromatic rings. The van der Waals surface area contributed by atoms with Crippen molar-refractivity contribution in [3.63, 3.8) is 0 Å². The molecule has 106 valence electrons. The summed E-state index contributed by atoms with van der Waals surface area (Å²) in [6.07, 6.45) is 0. The van der Waals surface area contributed by atoms with Gasteiger partial charge in [0.05, 0.1) is 13.1 Å². The molecular weight excluding hydrogens is 266 g/mol. The molecule has 0 saturated carbocycles. The predicted octanol–water partition coefficient (Wildman–Crippen LogP) is 1.24. The lowest BCUT2D eigenvalue weighted by atomic mass is 10.3. The van der Waals surface area contributed by atoms with E-state index in [1.54, 1.807) is 0 Å². The Morgan fingerprint density at radius 2 is 1.84 bits per heavy atom. The Labute approximate surface area is 119 Å². The van der Waals surface area contributed by atoms with Crippen molar-refractivity contribution < 1.29 is 9.59 Å². The normalized spacial score (nSPS) is 9.63. The highest BCUT2D eigenvalue weighted by molar-refractivity contribution is 5.86. The number of halogens is 1. The largest absolute Gasteiger partial charge is 0.376 e. The number of primary amides is 1. The summed E-state index contributed by atoms with van der Waals surface area (Å²) < 4.78 is 0. The second-order valence-corrected chi connectivity index (χ2v) is 4.30. The molecule has 1 rings (SSSR count). The van der Waals surface area contributed by atoms with Crippen LogP contribution in [0.1, 0.15) is 13.8 Å². The van der Waals surface area contributed by atoms with Gasteiger partial charge in [-0.15, -0.1) is 12.4 Å². The van der Waals surface area contributed by atoms with Crippen molar-refractivity contribution >= 4 is 29.9 Å². The molecule has 3 N–H and O–H groups in total. The first-order chi connectivity index (χ1) is 8.50. The van der Waals surface area contributed by atoms with Crippen LogP contribution in [0.25, 0.3) is 0 Å². The van der Waals surface area contributed by atoms with Crippen molar-refractivity contribution in [3.05, 3.63) is 30.3 Å². The van der Waals surface area contributed by atoms with Gasteiger partial charge in [0.15, 0.2) is 0 Å². The van der Waals surface area contributed by atoms with E-state index in [-0.39, 0.29) is 37.4 Å². The Morgan fingerprint density at radius 1 is 1.26 bits per heavy atom. The summed E-state index contributed by atoms with van der Waals surface area (Å²) in [6.45, 7) is 3.80. The number of nitrogens with two attached hydrogens (primary N) is 1. The van der Waals surface area contributed by atoms with E-state index in [1.165, 1.54) is 4.90 Å². The molecule has 0 unspecified atom stereocenters. The number of carbonyl (C=O) groups excluding carboxylic acids is 2. The number of benzene rings is 1. The van der Waals surface area contributed by atoms with Gasteiger partial charge in [-0.2, -0.15) is 0 Å². The molecule has 0 bridgehead atoms. The fraction of sp³-hybridized carbons (Fsp3) is 0.385. The molecule has 0 saturated heterocycles. The van der Waals surface area contributed by atoms with Crippen LogP contribution in [0.2, 0.25) is 0 Å². The lowest BCUT2D eigenvalue weighted by molar-refractivity contribution is -0.135. The second kappa shape index (κ2) is 8.37. The van der Waals surface area contributed by atoms with Crippen LogP contribution in [0.5, 0.6) is 0 Å². The molecule has 19 heavy (non-hydrogen) atoms. The third-order valence-corrected chi connectivity index (χ3v) is 2.49. The van der Waals surface area contributed by atoms with Gasteiger partial charge in [0.1, 0.15) is 0 Å². The van der Waals surface area contributed by atoms with Crippen molar-refractivity contribution in [1.29, 1.82) is 0 Å². The van der Waals surface area contributed by atoms with Gasteiger partial charge in [0, 0.05) is 11.7 Å². The third kappa shape index (κ3) is 6.10. The molecule has 0 fully saturated rings. The highest BCUT2D eigenvalue weighted by Crippen LogP contribution is 2.05. The Bertz CT molecular complexity index is 410. The lowest BCUT2D eigenvalue weighted by Gasteiger charge is -2.25. The topological polar surface area (TPSA) is 75.4 Å². The van der Waals surface area contributed by atoms with Gasteiger partial charge in [-0.25, -0.2) is 0 Å². The molecule has 0 heterocycles. The molecular formula is C13H20ClN3O2. The third-order valence-electron chi connectivity index (χ3n) is 2.49. The average Bonchev–Trinajstić information content (AvgIpc) is 2.34. The number of rotatable bonds is 6. The van der Waals surface area contributed by atoms with Crippen LogP contribution in [-0.4, -0.2) is 35.8 Å². The summed E-state index contributed by atoms with van der Waals surface area (Å²) in [7, 11) is 0. The summed E-state index contributed by atoms with van der Waals surface area (Å²) in [5.74, 6) is -0.649. The first-order valence-electron chi connectivity index (χ1n) is 5.87. The standard InChI is InChI=1S/C13H19N3O2.ClH/c1-10(2)16(9-12(14)17)13(18)8-15-11-6-4-3-5-7-11;/h3-7,10,15H,8-9H2,1-2H3,(H2,14,17);1H. The van der Waals surface area contributed by atoms with E-state index in [0.29, 0.717) is 0 Å². The summed E-state index contributed by atoms with van der Waals surface area (Å²) >= 11 is 0.